The molecular weight excluding hydrogens is 351 g/mol. The second-order valence-electron chi connectivity index (χ2n) is 5.22. The first-order chi connectivity index (χ1) is 9.81. The number of nitrogens with zero attached hydrogens (tertiary/aromatic N) is 1. The van der Waals surface area contributed by atoms with Gasteiger partial charge in [-0.2, -0.15) is 13.2 Å². The minimum atomic E-state index is -4.09. The summed E-state index contributed by atoms with van der Waals surface area (Å²) in [5.41, 5.74) is 0.891. The molecule has 0 unspecified atom stereocenters. The predicted molar refractivity (Wildman–Crippen MR) is 76.4 cm³/mol. The van der Waals surface area contributed by atoms with Gasteiger partial charge in [-0.1, -0.05) is 0 Å². The van der Waals surface area contributed by atoms with Gasteiger partial charge in [-0.05, 0) is 59.6 Å². The van der Waals surface area contributed by atoms with Crippen LogP contribution in [0.5, 0.6) is 11.5 Å². The van der Waals surface area contributed by atoms with Gasteiger partial charge in [-0.25, -0.2) is 0 Å². The third-order valence-corrected chi connectivity index (χ3v) is 4.37. The number of phenols is 1. The van der Waals surface area contributed by atoms with Crippen LogP contribution in [0.25, 0.3) is 0 Å². The molecule has 21 heavy (non-hydrogen) atoms. The van der Waals surface area contributed by atoms with Crippen molar-refractivity contribution in [3.05, 3.63) is 22.2 Å². The molecule has 1 aliphatic heterocycles. The number of piperidine rings is 1. The second kappa shape index (κ2) is 6.44. The van der Waals surface area contributed by atoms with Gasteiger partial charge in [-0.3, -0.25) is 4.90 Å². The zero-order chi connectivity index (χ0) is 15.6. The van der Waals surface area contributed by atoms with Crippen molar-refractivity contribution >= 4 is 15.9 Å². The topological polar surface area (TPSA) is 32.7 Å². The lowest BCUT2D eigenvalue weighted by Gasteiger charge is -2.33. The Morgan fingerprint density at radius 2 is 1.95 bits per heavy atom. The normalized spacial score (nSPS) is 18.0. The number of halogens is 4. The standard InChI is InChI=1S/C14H17BrF3NO2/c1-21-12-7-9(6-11(15)13(12)20)8-19-4-2-10(3-5-19)14(16,17)18/h6-7,10,20H,2-5,8H2,1H3. The molecule has 7 heteroatoms. The largest absolute Gasteiger partial charge is 0.503 e. The van der Waals surface area contributed by atoms with Crippen LogP contribution in [-0.4, -0.2) is 36.4 Å². The van der Waals surface area contributed by atoms with E-state index >= 15 is 0 Å². The van der Waals surface area contributed by atoms with Gasteiger partial charge in [0, 0.05) is 6.54 Å². The molecule has 1 heterocycles. The lowest BCUT2D eigenvalue weighted by molar-refractivity contribution is -0.185. The van der Waals surface area contributed by atoms with E-state index in [1.54, 1.807) is 12.1 Å². The minimum Gasteiger partial charge on any atom is -0.503 e. The summed E-state index contributed by atoms with van der Waals surface area (Å²) in [7, 11) is 1.46. The van der Waals surface area contributed by atoms with Crippen LogP contribution >= 0.6 is 15.9 Å². The maximum absolute atomic E-state index is 12.6. The van der Waals surface area contributed by atoms with Crippen molar-refractivity contribution in [1.29, 1.82) is 0 Å². The Morgan fingerprint density at radius 1 is 1.33 bits per heavy atom. The number of benzene rings is 1. The third-order valence-electron chi connectivity index (χ3n) is 3.76. The number of phenolic OH excluding ortho intramolecular Hbond substituents is 1. The molecule has 0 aliphatic carbocycles. The fourth-order valence-corrected chi connectivity index (χ4v) is 3.04. The van der Waals surface area contributed by atoms with Crippen LogP contribution in [0.15, 0.2) is 16.6 Å². The van der Waals surface area contributed by atoms with Gasteiger partial charge in [0.15, 0.2) is 11.5 Å². The summed E-state index contributed by atoms with van der Waals surface area (Å²) in [5, 5.41) is 9.74. The highest BCUT2D eigenvalue weighted by molar-refractivity contribution is 9.10. The Balaban J connectivity index is 1.99. The average molecular weight is 368 g/mol. The van der Waals surface area contributed by atoms with Crippen LogP contribution in [0, 0.1) is 5.92 Å². The highest BCUT2D eigenvalue weighted by Crippen LogP contribution is 2.37. The summed E-state index contributed by atoms with van der Waals surface area (Å²) in [4.78, 5) is 1.99. The Morgan fingerprint density at radius 3 is 2.48 bits per heavy atom. The van der Waals surface area contributed by atoms with Crippen molar-refractivity contribution in [2.24, 2.45) is 5.92 Å². The van der Waals surface area contributed by atoms with E-state index in [1.165, 1.54) is 7.11 Å². The molecule has 3 nitrogen and oxygen atoms in total. The maximum atomic E-state index is 12.6. The first-order valence-electron chi connectivity index (χ1n) is 6.65. The predicted octanol–water partition coefficient (Wildman–Crippen LogP) is 3.94. The second-order valence-corrected chi connectivity index (χ2v) is 6.07. The summed E-state index contributed by atoms with van der Waals surface area (Å²) >= 11 is 3.24. The van der Waals surface area contributed by atoms with Crippen molar-refractivity contribution in [2.45, 2.75) is 25.6 Å². The van der Waals surface area contributed by atoms with E-state index < -0.39 is 12.1 Å². The monoisotopic (exact) mass is 367 g/mol. The fraction of sp³-hybridized carbons (Fsp3) is 0.571. The molecule has 118 valence electrons. The maximum Gasteiger partial charge on any atom is 0.391 e. The fourth-order valence-electron chi connectivity index (χ4n) is 2.55. The number of likely N-dealkylation sites (tertiary alicyclic amines) is 1. The lowest BCUT2D eigenvalue weighted by atomic mass is 9.96. The molecule has 0 aromatic heterocycles. The number of alkyl halides is 3. The van der Waals surface area contributed by atoms with Crippen molar-refractivity contribution in [2.75, 3.05) is 20.2 Å². The van der Waals surface area contributed by atoms with E-state index in [4.69, 9.17) is 4.74 Å². The van der Waals surface area contributed by atoms with Crippen LogP contribution in [0.1, 0.15) is 18.4 Å². The van der Waals surface area contributed by atoms with Crippen LogP contribution in [0.2, 0.25) is 0 Å². The van der Waals surface area contributed by atoms with Gasteiger partial charge in [0.05, 0.1) is 17.5 Å². The van der Waals surface area contributed by atoms with Crippen molar-refractivity contribution in [3.8, 4) is 11.5 Å². The molecule has 1 saturated heterocycles. The van der Waals surface area contributed by atoms with Crippen molar-refractivity contribution < 1.29 is 23.0 Å². The zero-order valence-electron chi connectivity index (χ0n) is 11.6. The molecule has 0 saturated carbocycles. The molecule has 0 radical (unpaired) electrons. The van der Waals surface area contributed by atoms with Gasteiger partial charge in [0.2, 0.25) is 0 Å². The van der Waals surface area contributed by atoms with Gasteiger partial charge in [0.25, 0.3) is 0 Å². The lowest BCUT2D eigenvalue weighted by Crippen LogP contribution is -2.38. The van der Waals surface area contributed by atoms with Crippen LogP contribution in [0.3, 0.4) is 0 Å². The molecule has 0 amide bonds. The summed E-state index contributed by atoms with van der Waals surface area (Å²) < 4.78 is 43.5. The number of methoxy groups -OCH3 is 1. The first kappa shape index (κ1) is 16.4. The van der Waals surface area contributed by atoms with Crippen molar-refractivity contribution in [1.82, 2.24) is 4.90 Å². The molecule has 2 rings (SSSR count). The molecule has 1 aromatic carbocycles. The minimum absolute atomic E-state index is 0.0250. The van der Waals surface area contributed by atoms with Crippen molar-refractivity contribution in [3.63, 3.8) is 0 Å². The summed E-state index contributed by atoms with van der Waals surface area (Å²) in [5.74, 6) is -0.809. The van der Waals surface area contributed by atoms with Gasteiger partial charge in [-0.15, -0.1) is 0 Å². The zero-order valence-corrected chi connectivity index (χ0v) is 13.2. The smallest absolute Gasteiger partial charge is 0.391 e. The van der Waals surface area contributed by atoms with E-state index in [1.807, 2.05) is 4.90 Å². The summed E-state index contributed by atoms with van der Waals surface area (Å²) in [6, 6.07) is 3.46. The first-order valence-corrected chi connectivity index (χ1v) is 7.45. The molecule has 1 aromatic rings. The van der Waals surface area contributed by atoms with E-state index in [2.05, 4.69) is 15.9 Å². The van der Waals surface area contributed by atoms with Crippen LogP contribution in [-0.2, 0) is 6.54 Å². The Labute approximate surface area is 129 Å². The molecule has 1 aliphatic rings. The molecule has 0 bridgehead atoms. The SMILES string of the molecule is COc1cc(CN2CCC(C(F)(F)F)CC2)cc(Br)c1O. The number of ether oxygens (including phenoxy) is 1. The Hall–Kier alpha value is -0.950. The molecule has 1 fully saturated rings. The van der Waals surface area contributed by atoms with Gasteiger partial charge >= 0.3 is 6.18 Å². The number of hydrogen-bond acceptors (Lipinski definition) is 3. The van der Waals surface area contributed by atoms with Gasteiger partial charge in [0.1, 0.15) is 0 Å². The molecule has 0 atom stereocenters. The highest BCUT2D eigenvalue weighted by atomic mass is 79.9. The summed E-state index contributed by atoms with van der Waals surface area (Å²) in [6.07, 6.45) is -3.81. The van der Waals surface area contributed by atoms with Gasteiger partial charge < -0.3 is 9.84 Å². The average Bonchev–Trinajstić information content (AvgIpc) is 2.42. The number of rotatable bonds is 3. The number of hydrogen-bond donors (Lipinski definition) is 1. The Bertz CT molecular complexity index is 500. The molecule has 1 N–H and O–H groups in total. The molecule has 0 spiro atoms. The van der Waals surface area contributed by atoms with E-state index in [0.717, 1.165) is 5.56 Å². The highest BCUT2D eigenvalue weighted by Gasteiger charge is 2.40. The Kier molecular flexibility index (Phi) is 5.03. The van der Waals surface area contributed by atoms with E-state index in [0.29, 0.717) is 29.9 Å². The third kappa shape index (κ3) is 4.03. The van der Waals surface area contributed by atoms with E-state index in [-0.39, 0.29) is 18.6 Å². The van der Waals surface area contributed by atoms with Crippen LogP contribution < -0.4 is 4.74 Å². The van der Waals surface area contributed by atoms with Crippen LogP contribution in [0.4, 0.5) is 13.2 Å². The summed E-state index contributed by atoms with van der Waals surface area (Å²) in [6.45, 7) is 1.38. The molecular formula is C14H17BrF3NO2. The quantitative estimate of drug-likeness (QED) is 0.878. The van der Waals surface area contributed by atoms with E-state index in [9.17, 15) is 18.3 Å². The number of aromatic hydroxyl groups is 1.